The summed E-state index contributed by atoms with van der Waals surface area (Å²) in [5.74, 6) is 0. The fourth-order valence-corrected chi connectivity index (χ4v) is 0.641. The van der Waals surface area contributed by atoms with Gasteiger partial charge in [-0.3, -0.25) is 0 Å². The van der Waals surface area contributed by atoms with Gasteiger partial charge in [0.25, 0.3) is 0 Å². The van der Waals surface area contributed by atoms with Crippen molar-refractivity contribution < 1.29 is 4.74 Å². The fourth-order valence-electron chi connectivity index (χ4n) is 0.641. The molecule has 1 N–H and O–H groups in total. The van der Waals surface area contributed by atoms with Gasteiger partial charge in [0.1, 0.15) is 0 Å². The molecule has 1 rings (SSSR count). The predicted molar refractivity (Wildman–Crippen MR) is 37.5 cm³/mol. The standard InChI is InChI=1S/C7H10N2O/c1-6-3-4-7(2,9-8)10-5-6/h3-5,8H,1-2H3. The summed E-state index contributed by atoms with van der Waals surface area (Å²) in [6.45, 7) is 3.67. The molecule has 54 valence electrons. The molecule has 3 heteroatoms. The molecule has 1 atom stereocenters. The van der Waals surface area contributed by atoms with Crippen LogP contribution in [0.4, 0.5) is 0 Å². The first-order valence-electron chi connectivity index (χ1n) is 3.09. The lowest BCUT2D eigenvalue weighted by molar-refractivity contribution is 0.0800. The average Bonchev–Trinajstić information content (AvgIpc) is 1.96. The monoisotopic (exact) mass is 138 g/mol. The molecule has 0 fully saturated rings. The van der Waals surface area contributed by atoms with Crippen LogP contribution in [0, 0.1) is 5.53 Å². The second-order valence-corrected chi connectivity index (χ2v) is 2.48. The van der Waals surface area contributed by atoms with Gasteiger partial charge in [0.15, 0.2) is 0 Å². The zero-order chi connectivity index (χ0) is 7.61. The lowest BCUT2D eigenvalue weighted by Crippen LogP contribution is -2.21. The number of ether oxygens (including phenoxy) is 1. The van der Waals surface area contributed by atoms with E-state index in [1.807, 2.05) is 13.0 Å². The Hall–Kier alpha value is -1.12. The summed E-state index contributed by atoms with van der Waals surface area (Å²) in [7, 11) is 0. The summed E-state index contributed by atoms with van der Waals surface area (Å²) < 4.78 is 5.12. The smallest absolute Gasteiger partial charge is 0.234 e. The van der Waals surface area contributed by atoms with Gasteiger partial charge in [-0.2, -0.15) is 0 Å². The van der Waals surface area contributed by atoms with Crippen molar-refractivity contribution in [2.45, 2.75) is 19.6 Å². The summed E-state index contributed by atoms with van der Waals surface area (Å²) in [4.78, 5) is 0. The molecule has 1 unspecified atom stereocenters. The van der Waals surface area contributed by atoms with E-state index in [-0.39, 0.29) is 0 Å². The number of nitrogens with one attached hydrogen (secondary N) is 1. The molecule has 0 bridgehead atoms. The minimum absolute atomic E-state index is 0.764. The summed E-state index contributed by atoms with van der Waals surface area (Å²) in [5, 5.41) is 3.31. The zero-order valence-electron chi connectivity index (χ0n) is 6.09. The molecule has 1 aliphatic heterocycles. The van der Waals surface area contributed by atoms with Crippen LogP contribution in [0.15, 0.2) is 29.1 Å². The molecule has 0 radical (unpaired) electrons. The number of allylic oxidation sites excluding steroid dienone is 2. The Morgan fingerprint density at radius 1 is 1.70 bits per heavy atom. The third-order valence-corrected chi connectivity index (χ3v) is 1.36. The van der Waals surface area contributed by atoms with Gasteiger partial charge >= 0.3 is 0 Å². The van der Waals surface area contributed by atoms with Crippen LogP contribution in [0.5, 0.6) is 0 Å². The van der Waals surface area contributed by atoms with Crippen molar-refractivity contribution in [3.8, 4) is 0 Å². The second-order valence-electron chi connectivity index (χ2n) is 2.48. The Morgan fingerprint density at radius 3 is 2.80 bits per heavy atom. The SMILES string of the molecule is CC1=COC(C)(N=N)C=C1. The Kier molecular flexibility index (Phi) is 1.57. The number of nitrogens with zero attached hydrogens (tertiary/aromatic N) is 1. The van der Waals surface area contributed by atoms with E-state index in [2.05, 4.69) is 5.11 Å². The highest BCUT2D eigenvalue weighted by Crippen LogP contribution is 2.20. The van der Waals surface area contributed by atoms with Crippen LogP contribution in [-0.2, 0) is 4.74 Å². The summed E-state index contributed by atoms with van der Waals surface area (Å²) in [6, 6.07) is 0. The molecule has 0 aliphatic carbocycles. The van der Waals surface area contributed by atoms with E-state index in [1.165, 1.54) is 0 Å². The lowest BCUT2D eigenvalue weighted by atomic mass is 10.2. The molecule has 0 saturated heterocycles. The van der Waals surface area contributed by atoms with Gasteiger partial charge in [-0.1, -0.05) is 6.08 Å². The van der Waals surface area contributed by atoms with E-state index in [4.69, 9.17) is 10.3 Å². The Labute approximate surface area is 59.9 Å². The molecule has 0 amide bonds. The largest absolute Gasteiger partial charge is 0.469 e. The zero-order valence-corrected chi connectivity index (χ0v) is 6.09. The molecule has 1 heterocycles. The van der Waals surface area contributed by atoms with Gasteiger partial charge in [0.05, 0.1) is 6.26 Å². The van der Waals surface area contributed by atoms with Crippen molar-refractivity contribution in [1.82, 2.24) is 0 Å². The topological polar surface area (TPSA) is 45.4 Å². The van der Waals surface area contributed by atoms with Crippen LogP contribution in [0.25, 0.3) is 0 Å². The molecule has 0 saturated carbocycles. The molecule has 10 heavy (non-hydrogen) atoms. The van der Waals surface area contributed by atoms with Crippen molar-refractivity contribution in [2.75, 3.05) is 0 Å². The summed E-state index contributed by atoms with van der Waals surface area (Å²) in [5.41, 5.74) is 7.06. The van der Waals surface area contributed by atoms with E-state index in [1.54, 1.807) is 19.3 Å². The minimum Gasteiger partial charge on any atom is -0.469 e. The molecule has 0 spiro atoms. The van der Waals surface area contributed by atoms with Gasteiger partial charge in [0.2, 0.25) is 5.72 Å². The fraction of sp³-hybridized carbons (Fsp3) is 0.429. The first-order valence-corrected chi connectivity index (χ1v) is 3.09. The van der Waals surface area contributed by atoms with Gasteiger partial charge in [0, 0.05) is 6.92 Å². The van der Waals surface area contributed by atoms with E-state index in [0.717, 1.165) is 5.57 Å². The first-order chi connectivity index (χ1) is 4.66. The number of hydrogen-bond acceptors (Lipinski definition) is 3. The maximum atomic E-state index is 6.78. The quantitative estimate of drug-likeness (QED) is 0.555. The Morgan fingerprint density at radius 2 is 2.40 bits per heavy atom. The highest BCUT2D eigenvalue weighted by Gasteiger charge is 2.21. The Bertz CT molecular complexity index is 208. The highest BCUT2D eigenvalue weighted by molar-refractivity contribution is 5.20. The van der Waals surface area contributed by atoms with Gasteiger partial charge < -0.3 is 4.74 Å². The average molecular weight is 138 g/mol. The van der Waals surface area contributed by atoms with Crippen LogP contribution in [0.3, 0.4) is 0 Å². The van der Waals surface area contributed by atoms with Crippen molar-refractivity contribution >= 4 is 0 Å². The molecule has 0 aromatic rings. The van der Waals surface area contributed by atoms with Crippen LogP contribution < -0.4 is 0 Å². The lowest BCUT2D eigenvalue weighted by Gasteiger charge is -2.21. The second kappa shape index (κ2) is 2.25. The maximum absolute atomic E-state index is 6.78. The van der Waals surface area contributed by atoms with Gasteiger partial charge in [-0.15, -0.1) is 5.11 Å². The molecule has 3 nitrogen and oxygen atoms in total. The molecule has 0 aromatic heterocycles. The summed E-state index contributed by atoms with van der Waals surface area (Å²) in [6.07, 6.45) is 5.26. The molecule has 1 aliphatic rings. The summed E-state index contributed by atoms with van der Waals surface area (Å²) >= 11 is 0. The van der Waals surface area contributed by atoms with E-state index >= 15 is 0 Å². The molecular weight excluding hydrogens is 128 g/mol. The van der Waals surface area contributed by atoms with E-state index in [0.29, 0.717) is 0 Å². The van der Waals surface area contributed by atoms with Crippen LogP contribution >= 0.6 is 0 Å². The van der Waals surface area contributed by atoms with Crippen molar-refractivity contribution in [3.63, 3.8) is 0 Å². The Balaban J connectivity index is 2.76. The molecular formula is C7H10N2O. The molecule has 0 aromatic carbocycles. The highest BCUT2D eigenvalue weighted by atomic mass is 16.5. The van der Waals surface area contributed by atoms with Crippen LogP contribution in [-0.4, -0.2) is 5.72 Å². The van der Waals surface area contributed by atoms with E-state index < -0.39 is 5.72 Å². The van der Waals surface area contributed by atoms with Crippen molar-refractivity contribution in [2.24, 2.45) is 5.11 Å². The number of rotatable bonds is 1. The third-order valence-electron chi connectivity index (χ3n) is 1.36. The van der Waals surface area contributed by atoms with Crippen LogP contribution in [0.2, 0.25) is 0 Å². The first kappa shape index (κ1) is 6.99. The number of hydrogen-bond donors (Lipinski definition) is 1. The van der Waals surface area contributed by atoms with Crippen molar-refractivity contribution in [3.05, 3.63) is 24.0 Å². The van der Waals surface area contributed by atoms with Crippen LogP contribution in [0.1, 0.15) is 13.8 Å². The minimum atomic E-state index is -0.764. The normalized spacial score (nSPS) is 30.8. The predicted octanol–water partition coefficient (Wildman–Crippen LogP) is 2.22. The van der Waals surface area contributed by atoms with E-state index in [9.17, 15) is 0 Å². The maximum Gasteiger partial charge on any atom is 0.234 e. The van der Waals surface area contributed by atoms with Gasteiger partial charge in [-0.05, 0) is 18.6 Å². The third kappa shape index (κ3) is 1.23. The van der Waals surface area contributed by atoms with Gasteiger partial charge in [-0.25, -0.2) is 5.53 Å². The van der Waals surface area contributed by atoms with Crippen molar-refractivity contribution in [1.29, 1.82) is 5.53 Å².